The molecule has 1 saturated heterocycles. The monoisotopic (exact) mass is 235 g/mol. The average molecular weight is 235 g/mol. The minimum Gasteiger partial charge on any atom is -0.383 e. The minimum absolute atomic E-state index is 0.0369. The molecule has 1 aliphatic rings. The van der Waals surface area contributed by atoms with Crippen molar-refractivity contribution in [3.8, 4) is 0 Å². The molecule has 2 rings (SSSR count). The Kier molecular flexibility index (Phi) is 3.58. The molecule has 0 unspecified atom stereocenters. The second-order valence-corrected chi connectivity index (χ2v) is 4.16. The standard InChI is InChI=1S/C12H17N3O2/c1-17-9-4-7-15(8-5-9)12(16)10-3-2-6-14-11(10)13/h2-3,6,9H,4-5,7-8H2,1H3,(H2,13,14). The van der Waals surface area contributed by atoms with Gasteiger partial charge in [-0.2, -0.15) is 0 Å². The van der Waals surface area contributed by atoms with Crippen LogP contribution in [0.1, 0.15) is 23.2 Å². The molecule has 0 atom stereocenters. The van der Waals surface area contributed by atoms with E-state index in [9.17, 15) is 4.79 Å². The third-order valence-corrected chi connectivity index (χ3v) is 3.13. The maximum absolute atomic E-state index is 12.2. The fourth-order valence-corrected chi connectivity index (χ4v) is 2.06. The lowest BCUT2D eigenvalue weighted by Gasteiger charge is -2.31. The number of hydrogen-bond acceptors (Lipinski definition) is 4. The molecule has 0 aliphatic carbocycles. The summed E-state index contributed by atoms with van der Waals surface area (Å²) in [6.45, 7) is 1.43. The number of anilines is 1. The number of nitrogen functional groups attached to an aromatic ring is 1. The first-order valence-electron chi connectivity index (χ1n) is 5.75. The highest BCUT2D eigenvalue weighted by Crippen LogP contribution is 2.17. The fourth-order valence-electron chi connectivity index (χ4n) is 2.06. The van der Waals surface area contributed by atoms with Crippen LogP contribution in [-0.2, 0) is 4.74 Å². The summed E-state index contributed by atoms with van der Waals surface area (Å²) in [4.78, 5) is 17.9. The summed E-state index contributed by atoms with van der Waals surface area (Å²) in [5.41, 5.74) is 6.19. The number of piperidine rings is 1. The van der Waals surface area contributed by atoms with Gasteiger partial charge in [-0.1, -0.05) is 0 Å². The first-order chi connectivity index (χ1) is 8.22. The number of nitrogens with two attached hydrogens (primary N) is 1. The zero-order valence-electron chi connectivity index (χ0n) is 9.93. The van der Waals surface area contributed by atoms with Crippen LogP contribution in [0.15, 0.2) is 18.3 Å². The number of ether oxygens (including phenoxy) is 1. The number of amides is 1. The van der Waals surface area contributed by atoms with Gasteiger partial charge in [-0.15, -0.1) is 0 Å². The molecule has 1 amide bonds. The summed E-state index contributed by atoms with van der Waals surface area (Å²) in [6, 6.07) is 3.44. The quantitative estimate of drug-likeness (QED) is 0.827. The van der Waals surface area contributed by atoms with Crippen molar-refractivity contribution in [2.45, 2.75) is 18.9 Å². The van der Waals surface area contributed by atoms with Crippen LogP contribution in [0, 0.1) is 0 Å². The molecule has 0 bridgehead atoms. The van der Waals surface area contributed by atoms with Crippen molar-refractivity contribution in [1.29, 1.82) is 0 Å². The van der Waals surface area contributed by atoms with E-state index in [0.717, 1.165) is 12.8 Å². The lowest BCUT2D eigenvalue weighted by atomic mass is 10.1. The Labute approximate surface area is 101 Å². The molecule has 0 radical (unpaired) electrons. The van der Waals surface area contributed by atoms with Gasteiger partial charge in [0.1, 0.15) is 5.82 Å². The molecule has 17 heavy (non-hydrogen) atoms. The summed E-state index contributed by atoms with van der Waals surface area (Å²) in [7, 11) is 1.71. The van der Waals surface area contributed by atoms with Gasteiger partial charge in [0.15, 0.2) is 0 Å². The molecule has 92 valence electrons. The van der Waals surface area contributed by atoms with Crippen LogP contribution in [0.25, 0.3) is 0 Å². The highest BCUT2D eigenvalue weighted by molar-refractivity contribution is 5.98. The third kappa shape index (κ3) is 2.55. The average Bonchev–Trinajstić information content (AvgIpc) is 2.39. The van der Waals surface area contributed by atoms with Crippen molar-refractivity contribution < 1.29 is 9.53 Å². The van der Waals surface area contributed by atoms with Crippen molar-refractivity contribution in [2.75, 3.05) is 25.9 Å². The number of aromatic nitrogens is 1. The molecule has 2 N–H and O–H groups in total. The van der Waals surface area contributed by atoms with Crippen LogP contribution in [0.5, 0.6) is 0 Å². The molecular weight excluding hydrogens is 218 g/mol. The summed E-state index contributed by atoms with van der Waals surface area (Å²) in [5.74, 6) is 0.261. The van der Waals surface area contributed by atoms with Crippen molar-refractivity contribution in [3.63, 3.8) is 0 Å². The number of nitrogens with zero attached hydrogens (tertiary/aromatic N) is 2. The van der Waals surface area contributed by atoms with Gasteiger partial charge in [0, 0.05) is 26.4 Å². The van der Waals surface area contributed by atoms with E-state index in [2.05, 4.69) is 4.98 Å². The maximum Gasteiger partial charge on any atom is 0.257 e. The predicted octanol–water partition coefficient (Wildman–Crippen LogP) is 0.915. The van der Waals surface area contributed by atoms with Gasteiger partial charge in [-0.25, -0.2) is 4.98 Å². The zero-order chi connectivity index (χ0) is 12.3. The molecule has 1 aliphatic heterocycles. The second-order valence-electron chi connectivity index (χ2n) is 4.16. The van der Waals surface area contributed by atoms with Gasteiger partial charge in [-0.3, -0.25) is 4.79 Å². The largest absolute Gasteiger partial charge is 0.383 e. The van der Waals surface area contributed by atoms with Crippen molar-refractivity contribution in [2.24, 2.45) is 0 Å². The van der Waals surface area contributed by atoms with Crippen molar-refractivity contribution in [1.82, 2.24) is 9.88 Å². The molecule has 0 aromatic carbocycles. The van der Waals surface area contributed by atoms with Gasteiger partial charge in [0.2, 0.25) is 0 Å². The molecule has 2 heterocycles. The summed E-state index contributed by atoms with van der Waals surface area (Å²) in [5, 5.41) is 0. The van der Waals surface area contributed by atoms with Gasteiger partial charge in [0.25, 0.3) is 5.91 Å². The zero-order valence-corrected chi connectivity index (χ0v) is 9.93. The first-order valence-corrected chi connectivity index (χ1v) is 5.75. The SMILES string of the molecule is COC1CCN(C(=O)c2cccnc2N)CC1. The van der Waals surface area contributed by atoms with Gasteiger partial charge in [0.05, 0.1) is 11.7 Å². The Hall–Kier alpha value is -1.62. The predicted molar refractivity (Wildman–Crippen MR) is 64.6 cm³/mol. The number of carbonyl (C=O) groups excluding carboxylic acids is 1. The van der Waals surface area contributed by atoms with E-state index >= 15 is 0 Å². The molecule has 5 nitrogen and oxygen atoms in total. The van der Waals surface area contributed by atoms with Crippen LogP contribution in [0.3, 0.4) is 0 Å². The number of pyridine rings is 1. The molecule has 1 aromatic rings. The highest BCUT2D eigenvalue weighted by atomic mass is 16.5. The van der Waals surface area contributed by atoms with E-state index in [1.807, 2.05) is 4.90 Å². The third-order valence-electron chi connectivity index (χ3n) is 3.13. The van der Waals surface area contributed by atoms with Crippen molar-refractivity contribution >= 4 is 11.7 Å². The molecule has 1 fully saturated rings. The Morgan fingerprint density at radius 1 is 1.53 bits per heavy atom. The van der Waals surface area contributed by atoms with Crippen LogP contribution >= 0.6 is 0 Å². The molecule has 0 saturated carbocycles. The van der Waals surface area contributed by atoms with Crippen LogP contribution in [0.4, 0.5) is 5.82 Å². The number of methoxy groups -OCH3 is 1. The van der Waals surface area contributed by atoms with Crippen LogP contribution in [-0.4, -0.2) is 42.1 Å². The van der Waals surface area contributed by atoms with E-state index in [1.54, 1.807) is 25.4 Å². The number of rotatable bonds is 2. The second kappa shape index (κ2) is 5.14. The normalized spacial score (nSPS) is 17.1. The lowest BCUT2D eigenvalue weighted by molar-refractivity contribution is 0.0351. The number of carbonyl (C=O) groups is 1. The number of hydrogen-bond donors (Lipinski definition) is 1. The first kappa shape index (κ1) is 11.9. The Balaban J connectivity index is 2.04. The molecular formula is C12H17N3O2. The Bertz CT molecular complexity index is 400. The van der Waals surface area contributed by atoms with Crippen LogP contribution < -0.4 is 5.73 Å². The molecule has 1 aromatic heterocycles. The van der Waals surface area contributed by atoms with E-state index in [1.165, 1.54) is 0 Å². The molecule has 5 heteroatoms. The maximum atomic E-state index is 12.2. The Morgan fingerprint density at radius 3 is 2.82 bits per heavy atom. The van der Waals surface area contributed by atoms with E-state index in [0.29, 0.717) is 24.5 Å². The molecule has 0 spiro atoms. The smallest absolute Gasteiger partial charge is 0.257 e. The summed E-state index contributed by atoms with van der Waals surface area (Å²) in [6.07, 6.45) is 3.61. The van der Waals surface area contributed by atoms with Crippen molar-refractivity contribution in [3.05, 3.63) is 23.9 Å². The van der Waals surface area contributed by atoms with Crippen LogP contribution in [0.2, 0.25) is 0 Å². The van der Waals surface area contributed by atoms with E-state index in [4.69, 9.17) is 10.5 Å². The van der Waals surface area contributed by atoms with E-state index < -0.39 is 0 Å². The Morgan fingerprint density at radius 2 is 2.24 bits per heavy atom. The van der Waals surface area contributed by atoms with E-state index in [-0.39, 0.29) is 12.0 Å². The minimum atomic E-state index is -0.0369. The summed E-state index contributed by atoms with van der Waals surface area (Å²) < 4.78 is 5.27. The van der Waals surface area contributed by atoms with Gasteiger partial charge >= 0.3 is 0 Å². The lowest BCUT2D eigenvalue weighted by Crippen LogP contribution is -2.40. The topological polar surface area (TPSA) is 68.5 Å². The van der Waals surface area contributed by atoms with Gasteiger partial charge < -0.3 is 15.4 Å². The van der Waals surface area contributed by atoms with Gasteiger partial charge in [-0.05, 0) is 25.0 Å². The fraction of sp³-hybridized carbons (Fsp3) is 0.500. The summed E-state index contributed by atoms with van der Waals surface area (Å²) >= 11 is 0. The highest BCUT2D eigenvalue weighted by Gasteiger charge is 2.24. The number of likely N-dealkylation sites (tertiary alicyclic amines) is 1.